The van der Waals surface area contributed by atoms with Crippen molar-refractivity contribution in [2.45, 2.75) is 6.04 Å². The highest BCUT2D eigenvalue weighted by Crippen LogP contribution is 2.46. The minimum Gasteiger partial charge on any atom is -0.493 e. The summed E-state index contributed by atoms with van der Waals surface area (Å²) >= 11 is 7.40. The van der Waals surface area contributed by atoms with E-state index >= 15 is 0 Å². The van der Waals surface area contributed by atoms with E-state index in [9.17, 15) is 9.59 Å². The zero-order valence-electron chi connectivity index (χ0n) is 16.4. The lowest BCUT2D eigenvalue weighted by Crippen LogP contribution is -2.29. The summed E-state index contributed by atoms with van der Waals surface area (Å²) in [6, 6.07) is 9.24. The van der Waals surface area contributed by atoms with E-state index in [-0.39, 0.29) is 16.8 Å². The quantitative estimate of drug-likeness (QED) is 0.445. The van der Waals surface area contributed by atoms with Crippen LogP contribution in [0.4, 0.5) is 5.13 Å². The Morgan fingerprint density at radius 1 is 1.16 bits per heavy atom. The van der Waals surface area contributed by atoms with Gasteiger partial charge in [0, 0.05) is 22.2 Å². The summed E-state index contributed by atoms with van der Waals surface area (Å²) in [5, 5.41) is 2.90. The molecule has 1 aliphatic rings. The van der Waals surface area contributed by atoms with Crippen LogP contribution < -0.4 is 19.8 Å². The maximum atomic E-state index is 13.6. The van der Waals surface area contributed by atoms with Gasteiger partial charge in [0.2, 0.25) is 5.76 Å². The largest absolute Gasteiger partial charge is 0.493 e. The van der Waals surface area contributed by atoms with Crippen LogP contribution in [0.1, 0.15) is 27.7 Å². The first kappa shape index (κ1) is 19.6. The molecule has 0 saturated carbocycles. The fourth-order valence-electron chi connectivity index (χ4n) is 3.90. The number of rotatable bonds is 4. The molecule has 1 aliphatic heterocycles. The Morgan fingerprint density at radius 2 is 2.00 bits per heavy atom. The van der Waals surface area contributed by atoms with Crippen molar-refractivity contribution in [2.24, 2.45) is 0 Å². The lowest BCUT2D eigenvalue weighted by atomic mass is 9.97. The van der Waals surface area contributed by atoms with E-state index in [0.29, 0.717) is 38.2 Å². The first-order valence-electron chi connectivity index (χ1n) is 9.25. The lowest BCUT2D eigenvalue weighted by Gasteiger charge is -2.24. The molecule has 156 valence electrons. The summed E-state index contributed by atoms with van der Waals surface area (Å²) < 4.78 is 17.0. The number of fused-ring (bicyclic) bond motifs is 2. The summed E-state index contributed by atoms with van der Waals surface area (Å²) in [7, 11) is 3.03. The number of benzene rings is 2. The van der Waals surface area contributed by atoms with E-state index in [4.69, 9.17) is 25.5 Å². The highest BCUT2D eigenvalue weighted by atomic mass is 35.5. The van der Waals surface area contributed by atoms with Crippen molar-refractivity contribution in [1.82, 2.24) is 4.98 Å². The van der Waals surface area contributed by atoms with Gasteiger partial charge in [0.1, 0.15) is 11.6 Å². The van der Waals surface area contributed by atoms with Crippen molar-refractivity contribution in [3.05, 3.63) is 80.1 Å². The number of anilines is 1. The normalized spacial score (nSPS) is 15.4. The lowest BCUT2D eigenvalue weighted by molar-refractivity contribution is 0.0970. The Morgan fingerprint density at radius 3 is 2.71 bits per heavy atom. The minimum absolute atomic E-state index is 0.0232. The predicted molar refractivity (Wildman–Crippen MR) is 118 cm³/mol. The number of ether oxygens (including phenoxy) is 2. The highest BCUT2D eigenvalue weighted by molar-refractivity contribution is 7.13. The number of amides is 1. The van der Waals surface area contributed by atoms with Crippen molar-refractivity contribution in [2.75, 3.05) is 19.1 Å². The first-order chi connectivity index (χ1) is 15.0. The topological polar surface area (TPSA) is 81.9 Å². The van der Waals surface area contributed by atoms with E-state index < -0.39 is 11.9 Å². The first-order valence-corrected chi connectivity index (χ1v) is 10.5. The predicted octanol–water partition coefficient (Wildman–Crippen LogP) is 4.67. The van der Waals surface area contributed by atoms with Crippen molar-refractivity contribution in [3.8, 4) is 11.5 Å². The van der Waals surface area contributed by atoms with E-state index in [2.05, 4.69) is 4.98 Å². The fraction of sp³-hybridized carbons (Fsp3) is 0.136. The summed E-state index contributed by atoms with van der Waals surface area (Å²) in [6.07, 6.45) is 1.60. The number of para-hydroxylation sites is 1. The summed E-state index contributed by atoms with van der Waals surface area (Å²) in [6.45, 7) is 0. The van der Waals surface area contributed by atoms with Crippen LogP contribution in [0.5, 0.6) is 11.5 Å². The second-order valence-electron chi connectivity index (χ2n) is 6.79. The number of hydrogen-bond donors (Lipinski definition) is 0. The Bertz CT molecular complexity index is 1380. The molecule has 5 rings (SSSR count). The molecule has 0 bridgehead atoms. The summed E-state index contributed by atoms with van der Waals surface area (Å²) in [5.41, 5.74) is 0.749. The molecular formula is C22H15ClN2O5S. The standard InChI is InChI=1S/C22H15ClN2O5S/c1-28-15-5-3-4-12(19(15)29-2)17-16-18(26)13-10-11(23)6-7-14(13)30-20(16)21(27)25(17)22-24-8-9-31-22/h3-10,17H,1-2H3/t17-/m0/s1. The molecule has 1 atom stereocenters. The van der Waals surface area contributed by atoms with Crippen molar-refractivity contribution < 1.29 is 18.7 Å². The van der Waals surface area contributed by atoms with Crippen LogP contribution in [-0.4, -0.2) is 25.1 Å². The van der Waals surface area contributed by atoms with Gasteiger partial charge in [0.15, 0.2) is 22.1 Å². The molecule has 2 aromatic carbocycles. The molecule has 9 heteroatoms. The Hall–Kier alpha value is -3.36. The maximum Gasteiger partial charge on any atom is 0.297 e. The molecule has 0 saturated heterocycles. The molecule has 0 N–H and O–H groups in total. The Balaban J connectivity index is 1.87. The van der Waals surface area contributed by atoms with E-state index in [0.717, 1.165) is 0 Å². The molecule has 0 aliphatic carbocycles. The highest BCUT2D eigenvalue weighted by Gasteiger charge is 2.46. The molecule has 0 spiro atoms. The fourth-order valence-corrected chi connectivity index (χ4v) is 4.74. The maximum absolute atomic E-state index is 13.6. The summed E-state index contributed by atoms with van der Waals surface area (Å²) in [4.78, 5) is 32.8. The molecular weight excluding hydrogens is 440 g/mol. The molecule has 4 aromatic rings. The average Bonchev–Trinajstić information content (AvgIpc) is 3.40. The van der Waals surface area contributed by atoms with E-state index in [1.807, 2.05) is 0 Å². The number of carbonyl (C=O) groups excluding carboxylic acids is 1. The van der Waals surface area contributed by atoms with Gasteiger partial charge >= 0.3 is 0 Å². The van der Waals surface area contributed by atoms with Gasteiger partial charge in [-0.2, -0.15) is 0 Å². The molecule has 3 heterocycles. The minimum atomic E-state index is -0.807. The van der Waals surface area contributed by atoms with Gasteiger partial charge in [-0.25, -0.2) is 4.98 Å². The van der Waals surface area contributed by atoms with Crippen LogP contribution >= 0.6 is 22.9 Å². The number of carbonyl (C=O) groups is 1. The van der Waals surface area contributed by atoms with Gasteiger partial charge < -0.3 is 13.9 Å². The SMILES string of the molecule is COc1cccc([C@H]2c3c(oc4ccc(Cl)cc4c3=O)C(=O)N2c2nccs2)c1OC. The Kier molecular flexibility index (Phi) is 4.68. The Labute approximate surface area is 185 Å². The molecule has 1 amide bonds. The molecule has 2 aromatic heterocycles. The van der Waals surface area contributed by atoms with Crippen LogP contribution in [0.2, 0.25) is 5.02 Å². The molecule has 0 fully saturated rings. The third-order valence-electron chi connectivity index (χ3n) is 5.19. The number of methoxy groups -OCH3 is 2. The van der Waals surface area contributed by atoms with Crippen molar-refractivity contribution in [1.29, 1.82) is 0 Å². The number of nitrogens with zero attached hydrogens (tertiary/aromatic N) is 2. The van der Waals surface area contributed by atoms with Gasteiger partial charge in [-0.05, 0) is 24.3 Å². The monoisotopic (exact) mass is 454 g/mol. The van der Waals surface area contributed by atoms with Crippen LogP contribution in [0.15, 0.2) is 57.2 Å². The second-order valence-corrected chi connectivity index (χ2v) is 8.10. The van der Waals surface area contributed by atoms with Gasteiger partial charge in [-0.3, -0.25) is 14.5 Å². The van der Waals surface area contributed by atoms with Crippen LogP contribution in [-0.2, 0) is 0 Å². The third-order valence-corrected chi connectivity index (χ3v) is 6.19. The zero-order valence-corrected chi connectivity index (χ0v) is 18.0. The third kappa shape index (κ3) is 2.90. The molecule has 31 heavy (non-hydrogen) atoms. The summed E-state index contributed by atoms with van der Waals surface area (Å²) in [5.74, 6) is 0.426. The van der Waals surface area contributed by atoms with Gasteiger partial charge in [0.25, 0.3) is 5.91 Å². The van der Waals surface area contributed by atoms with E-state index in [1.165, 1.54) is 30.5 Å². The van der Waals surface area contributed by atoms with Gasteiger partial charge in [-0.1, -0.05) is 23.7 Å². The molecule has 7 nitrogen and oxygen atoms in total. The molecule has 0 radical (unpaired) electrons. The average molecular weight is 455 g/mol. The van der Waals surface area contributed by atoms with Crippen molar-refractivity contribution in [3.63, 3.8) is 0 Å². The van der Waals surface area contributed by atoms with Crippen LogP contribution in [0, 0.1) is 0 Å². The zero-order chi connectivity index (χ0) is 21.7. The number of aromatic nitrogens is 1. The molecule has 0 unspecified atom stereocenters. The number of hydrogen-bond acceptors (Lipinski definition) is 7. The number of halogens is 1. The van der Waals surface area contributed by atoms with Crippen LogP contribution in [0.25, 0.3) is 11.0 Å². The van der Waals surface area contributed by atoms with E-state index in [1.54, 1.807) is 48.0 Å². The second kappa shape index (κ2) is 7.40. The smallest absolute Gasteiger partial charge is 0.297 e. The van der Waals surface area contributed by atoms with Crippen molar-refractivity contribution >= 4 is 44.9 Å². The van der Waals surface area contributed by atoms with Crippen LogP contribution in [0.3, 0.4) is 0 Å². The van der Waals surface area contributed by atoms with Gasteiger partial charge in [-0.15, -0.1) is 11.3 Å². The number of thiazole rings is 1. The van der Waals surface area contributed by atoms with Gasteiger partial charge in [0.05, 0.1) is 25.2 Å².